The van der Waals surface area contributed by atoms with Crippen LogP contribution in [0.4, 0.5) is 11.4 Å². The lowest BCUT2D eigenvalue weighted by atomic mass is 9.94. The van der Waals surface area contributed by atoms with Crippen molar-refractivity contribution in [2.24, 2.45) is 0 Å². The molecule has 3 aromatic rings. The largest absolute Gasteiger partial charge is 0.507 e. The van der Waals surface area contributed by atoms with E-state index in [2.05, 4.69) is 0 Å². The Balaban J connectivity index is 1.92. The third kappa shape index (κ3) is 3.96. The summed E-state index contributed by atoms with van der Waals surface area (Å²) >= 11 is 0. The number of ether oxygens (including phenoxy) is 1. The summed E-state index contributed by atoms with van der Waals surface area (Å²) in [6.07, 6.45) is 0. The molecule has 6 heteroatoms. The first kappa shape index (κ1) is 22.1. The van der Waals surface area contributed by atoms with Crippen LogP contribution in [0.2, 0.25) is 0 Å². The monoisotopic (exact) mass is 442 g/mol. The molecule has 33 heavy (non-hydrogen) atoms. The first-order valence-corrected chi connectivity index (χ1v) is 10.6. The minimum atomic E-state index is -0.760. The Morgan fingerprint density at radius 3 is 2.15 bits per heavy atom. The first-order valence-electron chi connectivity index (χ1n) is 10.6. The molecule has 0 aliphatic carbocycles. The number of hydrogen-bond donors (Lipinski definition) is 1. The third-order valence-electron chi connectivity index (χ3n) is 5.91. The summed E-state index contributed by atoms with van der Waals surface area (Å²) in [5, 5.41) is 11.2. The maximum atomic E-state index is 13.3. The van der Waals surface area contributed by atoms with Crippen LogP contribution < -0.4 is 14.5 Å². The average molecular weight is 443 g/mol. The van der Waals surface area contributed by atoms with Crippen molar-refractivity contribution in [1.29, 1.82) is 0 Å². The number of aryl methyl sites for hydroxylation is 1. The molecule has 6 nitrogen and oxygen atoms in total. The lowest BCUT2D eigenvalue weighted by Gasteiger charge is -2.27. The zero-order chi connectivity index (χ0) is 23.7. The van der Waals surface area contributed by atoms with Crippen molar-refractivity contribution in [3.8, 4) is 5.75 Å². The molecule has 1 aliphatic heterocycles. The summed E-state index contributed by atoms with van der Waals surface area (Å²) in [5.41, 5.74) is 3.72. The quantitative estimate of drug-likeness (QED) is 0.353. The Morgan fingerprint density at radius 1 is 0.939 bits per heavy atom. The number of hydrogen-bond acceptors (Lipinski definition) is 5. The van der Waals surface area contributed by atoms with Gasteiger partial charge in [0, 0.05) is 31.0 Å². The van der Waals surface area contributed by atoms with Gasteiger partial charge in [0.05, 0.1) is 18.7 Å². The van der Waals surface area contributed by atoms with Gasteiger partial charge in [0.15, 0.2) is 0 Å². The standard InChI is InChI=1S/C27H26N2O4/c1-17-7-5-6-8-22(17)29-24(18-9-13-20(14-10-18)28(2)3)23(26(31)27(29)32)25(30)19-11-15-21(33-4)16-12-19/h5-16,24,30H,1-4H3/b25-23-. The molecular weight excluding hydrogens is 416 g/mol. The fourth-order valence-electron chi connectivity index (χ4n) is 4.09. The number of anilines is 2. The zero-order valence-electron chi connectivity index (χ0n) is 19.1. The highest BCUT2D eigenvalue weighted by Gasteiger charge is 2.47. The van der Waals surface area contributed by atoms with E-state index in [1.807, 2.05) is 74.4 Å². The molecule has 1 N–H and O–H groups in total. The number of benzene rings is 3. The number of ketones is 1. The Labute approximate surface area is 193 Å². The van der Waals surface area contributed by atoms with E-state index in [9.17, 15) is 14.7 Å². The van der Waals surface area contributed by atoms with Crippen LogP contribution in [0.15, 0.2) is 78.4 Å². The summed E-state index contributed by atoms with van der Waals surface area (Å²) in [6, 6.07) is 21.0. The van der Waals surface area contributed by atoms with Crippen LogP contribution in [0.25, 0.3) is 5.76 Å². The molecule has 0 saturated carbocycles. The Bertz CT molecular complexity index is 1230. The molecule has 1 saturated heterocycles. The average Bonchev–Trinajstić information content (AvgIpc) is 3.09. The number of amides is 1. The molecule has 1 heterocycles. The Morgan fingerprint density at radius 2 is 1.58 bits per heavy atom. The Kier molecular flexibility index (Phi) is 5.92. The molecule has 0 spiro atoms. The number of nitrogens with zero attached hydrogens (tertiary/aromatic N) is 2. The molecule has 4 rings (SSSR count). The number of rotatable bonds is 5. The predicted molar refractivity (Wildman–Crippen MR) is 130 cm³/mol. The normalized spacial score (nSPS) is 17.3. The molecule has 1 unspecified atom stereocenters. The van der Waals surface area contributed by atoms with Crippen molar-refractivity contribution in [2.45, 2.75) is 13.0 Å². The maximum Gasteiger partial charge on any atom is 0.300 e. The number of carbonyl (C=O) groups is 2. The van der Waals surface area contributed by atoms with Gasteiger partial charge in [0.2, 0.25) is 0 Å². The molecule has 0 aromatic heterocycles. The molecule has 1 amide bonds. The van der Waals surface area contributed by atoms with Gasteiger partial charge in [-0.1, -0.05) is 30.3 Å². The van der Waals surface area contributed by atoms with Gasteiger partial charge in [-0.3, -0.25) is 14.5 Å². The SMILES string of the molecule is COc1ccc(/C(O)=C2/C(=O)C(=O)N(c3ccccc3C)C2c2ccc(N(C)C)cc2)cc1. The third-order valence-corrected chi connectivity index (χ3v) is 5.91. The fourth-order valence-corrected chi connectivity index (χ4v) is 4.09. The van der Waals surface area contributed by atoms with E-state index in [0.29, 0.717) is 17.0 Å². The van der Waals surface area contributed by atoms with Crippen LogP contribution in [0, 0.1) is 6.92 Å². The van der Waals surface area contributed by atoms with Crippen molar-refractivity contribution in [2.75, 3.05) is 31.0 Å². The summed E-state index contributed by atoms with van der Waals surface area (Å²) in [5.74, 6) is -0.967. The van der Waals surface area contributed by atoms with Gasteiger partial charge in [-0.2, -0.15) is 0 Å². The number of methoxy groups -OCH3 is 1. The molecule has 0 bridgehead atoms. The second-order valence-electron chi connectivity index (χ2n) is 8.17. The van der Waals surface area contributed by atoms with Crippen molar-refractivity contribution in [3.05, 3.63) is 95.1 Å². The van der Waals surface area contributed by atoms with Crippen molar-refractivity contribution < 1.29 is 19.4 Å². The number of carbonyl (C=O) groups excluding carboxylic acids is 2. The second-order valence-corrected chi connectivity index (χ2v) is 8.17. The minimum absolute atomic E-state index is 0.0611. The van der Waals surface area contributed by atoms with Gasteiger partial charge < -0.3 is 14.7 Å². The highest BCUT2D eigenvalue weighted by atomic mass is 16.5. The smallest absolute Gasteiger partial charge is 0.300 e. The van der Waals surface area contributed by atoms with E-state index in [0.717, 1.165) is 16.8 Å². The molecule has 1 atom stereocenters. The summed E-state index contributed by atoms with van der Waals surface area (Å²) < 4.78 is 5.19. The molecular formula is C27H26N2O4. The Hall–Kier alpha value is -4.06. The highest BCUT2D eigenvalue weighted by Crippen LogP contribution is 2.43. The van der Waals surface area contributed by atoms with Gasteiger partial charge in [0.25, 0.3) is 11.7 Å². The minimum Gasteiger partial charge on any atom is -0.507 e. The lowest BCUT2D eigenvalue weighted by molar-refractivity contribution is -0.132. The highest BCUT2D eigenvalue weighted by molar-refractivity contribution is 6.51. The van der Waals surface area contributed by atoms with Gasteiger partial charge in [-0.05, 0) is 60.5 Å². The number of aliphatic hydroxyl groups is 1. The van der Waals surface area contributed by atoms with Gasteiger partial charge in [-0.25, -0.2) is 0 Å². The van der Waals surface area contributed by atoms with E-state index in [4.69, 9.17) is 4.74 Å². The van der Waals surface area contributed by atoms with E-state index in [1.165, 1.54) is 4.90 Å². The topological polar surface area (TPSA) is 70.1 Å². The molecule has 168 valence electrons. The van der Waals surface area contributed by atoms with Gasteiger partial charge in [0.1, 0.15) is 11.5 Å². The van der Waals surface area contributed by atoms with Crippen LogP contribution >= 0.6 is 0 Å². The maximum absolute atomic E-state index is 13.3. The molecule has 1 fully saturated rings. The van der Waals surface area contributed by atoms with Crippen molar-refractivity contribution in [1.82, 2.24) is 0 Å². The van der Waals surface area contributed by atoms with Crippen LogP contribution in [-0.2, 0) is 9.59 Å². The number of Topliss-reactive ketones (excluding diaryl/α,β-unsaturated/α-hetero) is 1. The van der Waals surface area contributed by atoms with Crippen molar-refractivity contribution >= 4 is 28.8 Å². The van der Waals surface area contributed by atoms with Crippen LogP contribution in [-0.4, -0.2) is 38.0 Å². The predicted octanol–water partition coefficient (Wildman–Crippen LogP) is 4.70. The van der Waals surface area contributed by atoms with E-state index < -0.39 is 17.7 Å². The molecule has 3 aromatic carbocycles. The number of para-hydroxylation sites is 1. The van der Waals surface area contributed by atoms with Crippen LogP contribution in [0.5, 0.6) is 5.75 Å². The first-order chi connectivity index (χ1) is 15.8. The van der Waals surface area contributed by atoms with Gasteiger partial charge >= 0.3 is 0 Å². The van der Waals surface area contributed by atoms with Crippen LogP contribution in [0.1, 0.15) is 22.7 Å². The summed E-state index contributed by atoms with van der Waals surface area (Å²) in [4.78, 5) is 30.0. The van der Waals surface area contributed by atoms with E-state index in [-0.39, 0.29) is 11.3 Å². The lowest BCUT2D eigenvalue weighted by Crippen LogP contribution is -2.30. The van der Waals surface area contributed by atoms with Crippen molar-refractivity contribution in [3.63, 3.8) is 0 Å². The van der Waals surface area contributed by atoms with E-state index >= 15 is 0 Å². The summed E-state index contributed by atoms with van der Waals surface area (Å²) in [6.45, 7) is 1.89. The fraction of sp³-hybridized carbons (Fsp3) is 0.185. The second kappa shape index (κ2) is 8.82. The number of aliphatic hydroxyl groups excluding tert-OH is 1. The molecule has 0 radical (unpaired) electrons. The van der Waals surface area contributed by atoms with E-state index in [1.54, 1.807) is 31.4 Å². The zero-order valence-corrected chi connectivity index (χ0v) is 19.1. The van der Waals surface area contributed by atoms with Crippen LogP contribution in [0.3, 0.4) is 0 Å². The van der Waals surface area contributed by atoms with Gasteiger partial charge in [-0.15, -0.1) is 0 Å². The molecule has 1 aliphatic rings. The summed E-state index contributed by atoms with van der Waals surface area (Å²) in [7, 11) is 5.44.